The smallest absolute Gasteiger partial charge is 0.356 e. The molecule has 2 aliphatic heterocycles. The largest absolute Gasteiger partial charge is 0.416 e. The maximum Gasteiger partial charge on any atom is 0.416 e. The summed E-state index contributed by atoms with van der Waals surface area (Å²) in [5.41, 5.74) is 0.585. The number of sulfonamides is 1. The van der Waals surface area contributed by atoms with E-state index in [1.54, 1.807) is 0 Å². The third-order valence-electron chi connectivity index (χ3n) is 5.32. The second-order valence-corrected chi connectivity index (χ2v) is 9.27. The number of aryl methyl sites for hydroxylation is 1. The number of hydrogen-bond acceptors (Lipinski definition) is 5. The summed E-state index contributed by atoms with van der Waals surface area (Å²) in [5.74, 6) is 1.38. The molecule has 0 radical (unpaired) electrons. The summed E-state index contributed by atoms with van der Waals surface area (Å²) >= 11 is 0. The van der Waals surface area contributed by atoms with Crippen LogP contribution in [0.5, 0.6) is 0 Å². The molecule has 1 fully saturated rings. The van der Waals surface area contributed by atoms with Crippen molar-refractivity contribution >= 4 is 15.8 Å². The van der Waals surface area contributed by atoms with Gasteiger partial charge in [-0.1, -0.05) is 6.07 Å². The van der Waals surface area contributed by atoms with Gasteiger partial charge in [-0.25, -0.2) is 18.4 Å². The van der Waals surface area contributed by atoms with Crippen LogP contribution in [-0.4, -0.2) is 42.3 Å². The van der Waals surface area contributed by atoms with Gasteiger partial charge in [0.1, 0.15) is 11.6 Å². The van der Waals surface area contributed by atoms with Crippen molar-refractivity contribution in [2.75, 3.05) is 24.5 Å². The Hall–Kier alpha value is -2.20. The first-order chi connectivity index (χ1) is 13.7. The Balaban J connectivity index is 1.69. The highest BCUT2D eigenvalue weighted by Gasteiger charge is 2.35. The number of rotatable bonds is 3. The molecule has 1 saturated heterocycles. The van der Waals surface area contributed by atoms with Gasteiger partial charge in [-0.3, -0.25) is 0 Å². The zero-order valence-electron chi connectivity index (χ0n) is 15.9. The minimum Gasteiger partial charge on any atom is -0.356 e. The molecular formula is C19H21F3N4O2S. The quantitative estimate of drug-likeness (QED) is 0.754. The Bertz CT molecular complexity index is 1030. The summed E-state index contributed by atoms with van der Waals surface area (Å²) in [4.78, 5) is 10.8. The van der Waals surface area contributed by atoms with E-state index in [0.29, 0.717) is 18.3 Å². The van der Waals surface area contributed by atoms with Crippen LogP contribution in [0.1, 0.15) is 35.5 Å². The summed E-state index contributed by atoms with van der Waals surface area (Å²) in [7, 11) is -4.08. The zero-order chi connectivity index (χ0) is 20.8. The lowest BCUT2D eigenvalue weighted by molar-refractivity contribution is -0.137. The van der Waals surface area contributed by atoms with E-state index in [1.165, 1.54) is 10.4 Å². The third kappa shape index (κ3) is 3.83. The standard InChI is InChI=1S/C19H21F3N4O2S/c1-13-23-17-7-10-26(12-16(17)18(24-13)25-8-2-3-9-25)29(27,28)15-6-4-5-14(11-15)19(20,21)22/h4-6,11H,2-3,7-10,12H2,1H3. The van der Waals surface area contributed by atoms with Crippen molar-refractivity contribution in [3.8, 4) is 0 Å². The molecule has 0 aliphatic carbocycles. The van der Waals surface area contributed by atoms with Crippen LogP contribution in [-0.2, 0) is 29.2 Å². The minimum atomic E-state index is -4.60. The molecule has 0 unspecified atom stereocenters. The molecule has 1 aromatic carbocycles. The van der Waals surface area contributed by atoms with E-state index in [-0.39, 0.29) is 18.0 Å². The molecule has 0 N–H and O–H groups in total. The molecule has 0 saturated carbocycles. The highest BCUT2D eigenvalue weighted by atomic mass is 32.2. The predicted octanol–water partition coefficient (Wildman–Crippen LogP) is 3.15. The Labute approximate surface area is 167 Å². The van der Waals surface area contributed by atoms with Crippen molar-refractivity contribution in [3.05, 3.63) is 46.9 Å². The van der Waals surface area contributed by atoms with Gasteiger partial charge >= 0.3 is 6.18 Å². The zero-order valence-corrected chi connectivity index (χ0v) is 16.7. The summed E-state index contributed by atoms with van der Waals surface area (Å²) in [6, 6.07) is 3.88. The van der Waals surface area contributed by atoms with E-state index in [9.17, 15) is 21.6 Å². The number of hydrogen-bond donors (Lipinski definition) is 0. The van der Waals surface area contributed by atoms with Crippen molar-refractivity contribution in [3.63, 3.8) is 0 Å². The van der Waals surface area contributed by atoms with Crippen molar-refractivity contribution < 1.29 is 21.6 Å². The summed E-state index contributed by atoms with van der Waals surface area (Å²) in [6.07, 6.45) is -2.11. The molecular weight excluding hydrogens is 405 g/mol. The lowest BCUT2D eigenvalue weighted by atomic mass is 10.1. The highest BCUT2D eigenvalue weighted by Crippen LogP contribution is 2.34. The Morgan fingerprint density at radius 1 is 1.07 bits per heavy atom. The van der Waals surface area contributed by atoms with Crippen LogP contribution in [0.4, 0.5) is 19.0 Å². The number of nitrogens with zero attached hydrogens (tertiary/aromatic N) is 4. The Kier molecular flexibility index (Phi) is 5.02. The van der Waals surface area contributed by atoms with Gasteiger partial charge in [-0.2, -0.15) is 17.5 Å². The van der Waals surface area contributed by atoms with Crippen LogP contribution in [0.3, 0.4) is 0 Å². The summed E-state index contributed by atoms with van der Waals surface area (Å²) in [6.45, 7) is 3.74. The van der Waals surface area contributed by atoms with E-state index in [4.69, 9.17) is 0 Å². The molecule has 2 aliphatic rings. The SMILES string of the molecule is Cc1nc2c(c(N3CCCC3)n1)CN(S(=O)(=O)c1cccc(C(F)(F)F)c1)CC2. The summed E-state index contributed by atoms with van der Waals surface area (Å²) in [5, 5.41) is 0. The number of halogens is 3. The number of benzene rings is 1. The van der Waals surface area contributed by atoms with E-state index in [2.05, 4.69) is 14.9 Å². The summed E-state index contributed by atoms with van der Waals surface area (Å²) < 4.78 is 66.5. The number of alkyl halides is 3. The average Bonchev–Trinajstić information content (AvgIpc) is 3.21. The molecule has 29 heavy (non-hydrogen) atoms. The van der Waals surface area contributed by atoms with Gasteiger partial charge in [0.2, 0.25) is 10.0 Å². The third-order valence-corrected chi connectivity index (χ3v) is 7.16. The van der Waals surface area contributed by atoms with E-state index in [0.717, 1.165) is 55.1 Å². The monoisotopic (exact) mass is 426 g/mol. The van der Waals surface area contributed by atoms with Crippen LogP contribution in [0, 0.1) is 6.92 Å². The van der Waals surface area contributed by atoms with Crippen LogP contribution in [0.15, 0.2) is 29.2 Å². The Morgan fingerprint density at radius 2 is 1.79 bits per heavy atom. The van der Waals surface area contributed by atoms with E-state index >= 15 is 0 Å². The molecule has 0 atom stereocenters. The van der Waals surface area contributed by atoms with Crippen molar-refractivity contribution in [1.29, 1.82) is 0 Å². The molecule has 0 spiro atoms. The second kappa shape index (κ2) is 7.24. The van der Waals surface area contributed by atoms with Gasteiger partial charge in [0.05, 0.1) is 16.2 Å². The minimum absolute atomic E-state index is 0.0556. The van der Waals surface area contributed by atoms with Crippen LogP contribution >= 0.6 is 0 Å². The van der Waals surface area contributed by atoms with Gasteiger partial charge in [0.25, 0.3) is 0 Å². The topological polar surface area (TPSA) is 66.4 Å². The molecule has 1 aromatic heterocycles. The highest BCUT2D eigenvalue weighted by molar-refractivity contribution is 7.89. The predicted molar refractivity (Wildman–Crippen MR) is 101 cm³/mol. The molecule has 2 aromatic rings. The van der Waals surface area contributed by atoms with Crippen molar-refractivity contribution in [2.45, 2.75) is 43.8 Å². The first-order valence-electron chi connectivity index (χ1n) is 9.45. The normalized spacial score (nSPS) is 18.1. The molecule has 10 heteroatoms. The van der Waals surface area contributed by atoms with Crippen LogP contribution < -0.4 is 4.90 Å². The first kappa shape index (κ1) is 20.1. The fourth-order valence-corrected chi connectivity index (χ4v) is 5.33. The van der Waals surface area contributed by atoms with Crippen molar-refractivity contribution in [1.82, 2.24) is 14.3 Å². The molecule has 4 rings (SSSR count). The number of fused-ring (bicyclic) bond motifs is 1. The molecule has 3 heterocycles. The van der Waals surface area contributed by atoms with Gasteiger partial charge in [0.15, 0.2) is 0 Å². The first-order valence-corrected chi connectivity index (χ1v) is 10.9. The maximum atomic E-state index is 13.1. The number of aromatic nitrogens is 2. The fraction of sp³-hybridized carbons (Fsp3) is 0.474. The Morgan fingerprint density at radius 3 is 2.48 bits per heavy atom. The average molecular weight is 426 g/mol. The van der Waals surface area contributed by atoms with E-state index in [1.807, 2.05) is 6.92 Å². The molecule has 6 nitrogen and oxygen atoms in total. The van der Waals surface area contributed by atoms with Gasteiger partial charge in [-0.05, 0) is 38.0 Å². The number of anilines is 1. The van der Waals surface area contributed by atoms with Gasteiger partial charge in [-0.15, -0.1) is 0 Å². The lowest BCUT2D eigenvalue weighted by Crippen LogP contribution is -2.38. The second-order valence-electron chi connectivity index (χ2n) is 7.33. The molecule has 0 amide bonds. The maximum absolute atomic E-state index is 13.1. The molecule has 0 bridgehead atoms. The van der Waals surface area contributed by atoms with E-state index < -0.39 is 21.8 Å². The van der Waals surface area contributed by atoms with Gasteiger partial charge < -0.3 is 4.90 Å². The fourth-order valence-electron chi connectivity index (χ4n) is 3.87. The van der Waals surface area contributed by atoms with Crippen LogP contribution in [0.25, 0.3) is 0 Å². The molecule has 156 valence electrons. The van der Waals surface area contributed by atoms with Crippen LogP contribution in [0.2, 0.25) is 0 Å². The lowest BCUT2D eigenvalue weighted by Gasteiger charge is -2.31. The van der Waals surface area contributed by atoms with Gasteiger partial charge in [0, 0.05) is 38.2 Å². The van der Waals surface area contributed by atoms with Crippen molar-refractivity contribution in [2.24, 2.45) is 0 Å².